The van der Waals surface area contributed by atoms with Crippen molar-refractivity contribution < 1.29 is 9.53 Å². The molecular formula is C9H17NO2. The molecule has 1 aliphatic rings. The summed E-state index contributed by atoms with van der Waals surface area (Å²) in [7, 11) is 0. The monoisotopic (exact) mass is 171 g/mol. The Morgan fingerprint density at radius 1 is 1.67 bits per heavy atom. The molecule has 0 radical (unpaired) electrons. The Morgan fingerprint density at radius 2 is 2.25 bits per heavy atom. The molecule has 0 saturated heterocycles. The van der Waals surface area contributed by atoms with Crippen LogP contribution in [0.2, 0.25) is 0 Å². The van der Waals surface area contributed by atoms with E-state index in [4.69, 9.17) is 10.5 Å². The molecule has 3 heteroatoms. The van der Waals surface area contributed by atoms with Gasteiger partial charge < -0.3 is 10.5 Å². The Labute approximate surface area is 73.3 Å². The highest BCUT2D eigenvalue weighted by Crippen LogP contribution is 2.38. The van der Waals surface area contributed by atoms with Crippen LogP contribution in [0.4, 0.5) is 0 Å². The zero-order valence-corrected chi connectivity index (χ0v) is 7.80. The number of hydrogen-bond acceptors (Lipinski definition) is 3. The molecule has 0 bridgehead atoms. The fourth-order valence-electron chi connectivity index (χ4n) is 1.20. The van der Waals surface area contributed by atoms with Crippen LogP contribution in [0.5, 0.6) is 0 Å². The first-order chi connectivity index (χ1) is 5.59. The van der Waals surface area contributed by atoms with Crippen LogP contribution in [-0.2, 0) is 9.53 Å². The van der Waals surface area contributed by atoms with Gasteiger partial charge in [0, 0.05) is 0 Å². The van der Waals surface area contributed by atoms with Gasteiger partial charge in [-0.05, 0) is 32.1 Å². The number of carbonyl (C=O) groups excluding carboxylic acids is 1. The fourth-order valence-corrected chi connectivity index (χ4v) is 1.20. The quantitative estimate of drug-likeness (QED) is 0.644. The highest BCUT2D eigenvalue weighted by Gasteiger charge is 2.45. The van der Waals surface area contributed by atoms with Gasteiger partial charge in [-0.2, -0.15) is 0 Å². The second kappa shape index (κ2) is 3.44. The Hall–Kier alpha value is -0.570. The molecule has 1 atom stereocenters. The van der Waals surface area contributed by atoms with Crippen LogP contribution in [0.15, 0.2) is 0 Å². The summed E-state index contributed by atoms with van der Waals surface area (Å²) in [4.78, 5) is 11.4. The van der Waals surface area contributed by atoms with Crippen LogP contribution < -0.4 is 5.73 Å². The summed E-state index contributed by atoms with van der Waals surface area (Å²) < 4.78 is 4.99. The molecule has 0 spiro atoms. The van der Waals surface area contributed by atoms with Crippen molar-refractivity contribution in [2.24, 2.45) is 11.7 Å². The standard InChI is InChI=1S/C9H17NO2/c1-3-6-12-8(11)9(2,10)7-4-5-7/h7H,3-6,10H2,1-2H3. The average molecular weight is 171 g/mol. The lowest BCUT2D eigenvalue weighted by atomic mass is 9.98. The van der Waals surface area contributed by atoms with Crippen LogP contribution in [0.1, 0.15) is 33.1 Å². The molecular weight excluding hydrogens is 154 g/mol. The van der Waals surface area contributed by atoms with Crippen molar-refractivity contribution in [2.75, 3.05) is 6.61 Å². The Bertz CT molecular complexity index is 173. The lowest BCUT2D eigenvalue weighted by molar-refractivity contribution is -0.150. The van der Waals surface area contributed by atoms with Crippen molar-refractivity contribution in [3.63, 3.8) is 0 Å². The highest BCUT2D eigenvalue weighted by atomic mass is 16.5. The molecule has 1 saturated carbocycles. The second-order valence-electron chi connectivity index (χ2n) is 3.69. The van der Waals surface area contributed by atoms with Gasteiger partial charge in [0.15, 0.2) is 0 Å². The Morgan fingerprint density at radius 3 is 2.67 bits per heavy atom. The molecule has 3 nitrogen and oxygen atoms in total. The molecule has 70 valence electrons. The summed E-state index contributed by atoms with van der Waals surface area (Å²) in [5.41, 5.74) is 5.09. The van der Waals surface area contributed by atoms with Crippen molar-refractivity contribution in [3.05, 3.63) is 0 Å². The molecule has 0 aromatic heterocycles. The average Bonchev–Trinajstić information content (AvgIpc) is 2.81. The van der Waals surface area contributed by atoms with E-state index in [2.05, 4.69) is 0 Å². The third-order valence-corrected chi connectivity index (χ3v) is 2.30. The van der Waals surface area contributed by atoms with Crippen molar-refractivity contribution in [1.29, 1.82) is 0 Å². The predicted octanol–water partition coefficient (Wildman–Crippen LogP) is 1.07. The van der Waals surface area contributed by atoms with Crippen LogP contribution in [0, 0.1) is 5.92 Å². The summed E-state index contributed by atoms with van der Waals surface area (Å²) >= 11 is 0. The summed E-state index contributed by atoms with van der Waals surface area (Å²) in [6.07, 6.45) is 2.98. The van der Waals surface area contributed by atoms with Gasteiger partial charge in [0.2, 0.25) is 0 Å². The maximum Gasteiger partial charge on any atom is 0.326 e. The van der Waals surface area contributed by atoms with E-state index in [0.29, 0.717) is 12.5 Å². The molecule has 0 aliphatic heterocycles. The number of nitrogens with two attached hydrogens (primary N) is 1. The second-order valence-corrected chi connectivity index (χ2v) is 3.69. The van der Waals surface area contributed by atoms with E-state index in [0.717, 1.165) is 19.3 Å². The van der Waals surface area contributed by atoms with E-state index in [1.807, 2.05) is 6.92 Å². The van der Waals surface area contributed by atoms with E-state index in [-0.39, 0.29) is 5.97 Å². The Kier molecular flexibility index (Phi) is 2.73. The van der Waals surface area contributed by atoms with Gasteiger partial charge >= 0.3 is 5.97 Å². The molecule has 0 amide bonds. The van der Waals surface area contributed by atoms with Crippen LogP contribution >= 0.6 is 0 Å². The van der Waals surface area contributed by atoms with Gasteiger partial charge in [0.25, 0.3) is 0 Å². The van der Waals surface area contributed by atoms with E-state index < -0.39 is 5.54 Å². The number of esters is 1. The number of carbonyl (C=O) groups is 1. The van der Waals surface area contributed by atoms with Gasteiger partial charge in [0.05, 0.1) is 6.61 Å². The lowest BCUT2D eigenvalue weighted by Gasteiger charge is -2.21. The zero-order chi connectivity index (χ0) is 9.19. The summed E-state index contributed by atoms with van der Waals surface area (Å²) in [5.74, 6) is 0.105. The van der Waals surface area contributed by atoms with Crippen LogP contribution in [-0.4, -0.2) is 18.1 Å². The molecule has 1 aliphatic carbocycles. The Balaban J connectivity index is 2.38. The van der Waals surface area contributed by atoms with E-state index in [1.165, 1.54) is 0 Å². The normalized spacial score (nSPS) is 21.6. The molecule has 2 N–H and O–H groups in total. The van der Waals surface area contributed by atoms with Gasteiger partial charge in [-0.1, -0.05) is 6.92 Å². The van der Waals surface area contributed by atoms with E-state index in [1.54, 1.807) is 6.92 Å². The molecule has 1 unspecified atom stereocenters. The maximum absolute atomic E-state index is 11.4. The third kappa shape index (κ3) is 1.97. The molecule has 1 rings (SSSR count). The predicted molar refractivity (Wildman–Crippen MR) is 46.6 cm³/mol. The summed E-state index contributed by atoms with van der Waals surface area (Å²) in [6, 6.07) is 0. The van der Waals surface area contributed by atoms with Crippen molar-refractivity contribution in [1.82, 2.24) is 0 Å². The minimum Gasteiger partial charge on any atom is -0.464 e. The first kappa shape index (κ1) is 9.52. The first-order valence-electron chi connectivity index (χ1n) is 4.55. The number of hydrogen-bond donors (Lipinski definition) is 1. The van der Waals surface area contributed by atoms with Crippen LogP contribution in [0.3, 0.4) is 0 Å². The fraction of sp³-hybridized carbons (Fsp3) is 0.889. The smallest absolute Gasteiger partial charge is 0.326 e. The number of ether oxygens (including phenoxy) is 1. The first-order valence-corrected chi connectivity index (χ1v) is 4.55. The largest absolute Gasteiger partial charge is 0.464 e. The summed E-state index contributed by atoms with van der Waals surface area (Å²) in [6.45, 7) is 4.22. The lowest BCUT2D eigenvalue weighted by Crippen LogP contribution is -2.48. The number of rotatable bonds is 4. The highest BCUT2D eigenvalue weighted by molar-refractivity contribution is 5.80. The molecule has 0 aromatic rings. The minimum absolute atomic E-state index is 0.244. The molecule has 0 aromatic carbocycles. The van der Waals surface area contributed by atoms with Crippen LogP contribution in [0.25, 0.3) is 0 Å². The van der Waals surface area contributed by atoms with E-state index in [9.17, 15) is 4.79 Å². The third-order valence-electron chi connectivity index (χ3n) is 2.30. The molecule has 0 heterocycles. The zero-order valence-electron chi connectivity index (χ0n) is 7.80. The SMILES string of the molecule is CCCOC(=O)C(C)(N)C1CC1. The molecule has 1 fully saturated rings. The van der Waals surface area contributed by atoms with E-state index >= 15 is 0 Å². The van der Waals surface area contributed by atoms with Gasteiger partial charge in [-0.15, -0.1) is 0 Å². The van der Waals surface area contributed by atoms with Gasteiger partial charge in [0.1, 0.15) is 5.54 Å². The summed E-state index contributed by atoms with van der Waals surface area (Å²) in [5, 5.41) is 0. The molecule has 12 heavy (non-hydrogen) atoms. The van der Waals surface area contributed by atoms with Crippen molar-refractivity contribution in [2.45, 2.75) is 38.6 Å². The maximum atomic E-state index is 11.4. The van der Waals surface area contributed by atoms with Crippen molar-refractivity contribution in [3.8, 4) is 0 Å². The van der Waals surface area contributed by atoms with Gasteiger partial charge in [-0.3, -0.25) is 4.79 Å². The minimum atomic E-state index is -0.741. The van der Waals surface area contributed by atoms with Gasteiger partial charge in [-0.25, -0.2) is 0 Å². The topological polar surface area (TPSA) is 52.3 Å². The van der Waals surface area contributed by atoms with Crippen molar-refractivity contribution >= 4 is 5.97 Å².